The van der Waals surface area contributed by atoms with Gasteiger partial charge in [-0.2, -0.15) is 18.2 Å². The molecule has 4 aliphatic rings. The van der Waals surface area contributed by atoms with E-state index in [0.29, 0.717) is 6.61 Å². The first-order valence-corrected chi connectivity index (χ1v) is 9.90. The number of rotatable bonds is 4. The van der Waals surface area contributed by atoms with Crippen molar-refractivity contribution in [2.45, 2.75) is 51.0 Å². The van der Waals surface area contributed by atoms with Gasteiger partial charge in [-0.3, -0.25) is 0 Å². The average molecular weight is 478 g/mol. The van der Waals surface area contributed by atoms with Gasteiger partial charge < -0.3 is 34.1 Å². The zero-order valence-electron chi connectivity index (χ0n) is 17.5. The van der Waals surface area contributed by atoms with E-state index in [1.807, 2.05) is 6.07 Å². The molecule has 0 heterocycles. The van der Waals surface area contributed by atoms with Gasteiger partial charge >= 0.3 is 41.9 Å². The molecule has 5 heteroatoms. The van der Waals surface area contributed by atoms with Crippen molar-refractivity contribution in [1.29, 1.82) is 0 Å². The van der Waals surface area contributed by atoms with Crippen molar-refractivity contribution < 1.29 is 53.0 Å². The van der Waals surface area contributed by atoms with Gasteiger partial charge in [0.1, 0.15) is 6.61 Å². The Morgan fingerprint density at radius 2 is 1.55 bits per heavy atom. The van der Waals surface area contributed by atoms with Crippen LogP contribution in [0.15, 0.2) is 48.5 Å². The van der Waals surface area contributed by atoms with Gasteiger partial charge in [0.2, 0.25) is 0 Å². The molecule has 4 bridgehead atoms. The van der Waals surface area contributed by atoms with Crippen molar-refractivity contribution in [2.24, 2.45) is 23.7 Å². The van der Waals surface area contributed by atoms with Crippen LogP contribution >= 0.6 is 0 Å². The molecule has 29 heavy (non-hydrogen) atoms. The number of halogens is 2. The molecule has 146 valence electrons. The number of hydrogen-bond acceptors (Lipinski definition) is 1. The third-order valence-electron chi connectivity index (χ3n) is 7.48. The molecule has 0 aliphatic heterocycles. The van der Waals surface area contributed by atoms with E-state index < -0.39 is 0 Å². The second-order valence-electron chi connectivity index (χ2n) is 8.78. The van der Waals surface area contributed by atoms with E-state index in [4.69, 9.17) is 4.74 Å². The van der Waals surface area contributed by atoms with Crippen LogP contribution in [-0.4, -0.2) is 23.1 Å². The van der Waals surface area contributed by atoms with E-state index in [0.717, 1.165) is 29.4 Å². The molecule has 2 aromatic carbocycles. The van der Waals surface area contributed by atoms with Gasteiger partial charge in [-0.25, -0.2) is 0 Å². The molecule has 0 amide bonds. The SMILES string of the molecule is CC1(c2c[c-]ccc2OCc2ccccc2)C2CC3CC(C2)CC1C3.[Br-].[Cl-].[Li+].[Mg+2]. The second kappa shape index (κ2) is 11.3. The third kappa shape index (κ3) is 5.07. The maximum Gasteiger partial charge on any atom is 2.00 e. The topological polar surface area (TPSA) is 9.23 Å². The van der Waals surface area contributed by atoms with Crippen LogP contribution in [0.1, 0.15) is 50.2 Å². The van der Waals surface area contributed by atoms with Crippen LogP contribution in [-0.2, 0) is 12.0 Å². The first-order chi connectivity index (χ1) is 12.2. The first kappa shape index (κ1) is 27.4. The van der Waals surface area contributed by atoms with Crippen LogP contribution in [0.2, 0.25) is 0 Å². The van der Waals surface area contributed by atoms with E-state index in [9.17, 15) is 0 Å². The van der Waals surface area contributed by atoms with Crippen LogP contribution in [0.4, 0.5) is 0 Å². The Morgan fingerprint density at radius 3 is 2.14 bits per heavy atom. The minimum Gasteiger partial charge on any atom is -1.00 e. The summed E-state index contributed by atoms with van der Waals surface area (Å²) >= 11 is 0. The molecule has 4 fully saturated rings. The van der Waals surface area contributed by atoms with Crippen molar-refractivity contribution >= 4 is 23.1 Å². The fourth-order valence-corrected chi connectivity index (χ4v) is 6.30. The Labute approximate surface area is 220 Å². The van der Waals surface area contributed by atoms with Crippen molar-refractivity contribution in [1.82, 2.24) is 0 Å². The maximum atomic E-state index is 6.32. The Bertz CT molecular complexity index is 744. The van der Waals surface area contributed by atoms with Gasteiger partial charge in [-0.1, -0.05) is 37.3 Å². The molecule has 0 unspecified atom stereocenters. The molecule has 2 aromatic rings. The Balaban J connectivity index is 0.00000105. The van der Waals surface area contributed by atoms with Gasteiger partial charge in [0.15, 0.2) is 0 Å². The van der Waals surface area contributed by atoms with E-state index in [-0.39, 0.29) is 76.7 Å². The van der Waals surface area contributed by atoms with Gasteiger partial charge in [-0.15, -0.1) is 11.6 Å². The smallest absolute Gasteiger partial charge is 1.00 e. The van der Waals surface area contributed by atoms with Gasteiger partial charge in [0, 0.05) is 5.75 Å². The van der Waals surface area contributed by atoms with Crippen molar-refractivity contribution in [2.75, 3.05) is 0 Å². The molecule has 0 aromatic heterocycles. The molecule has 0 radical (unpaired) electrons. The number of benzene rings is 2. The van der Waals surface area contributed by atoms with Crippen LogP contribution in [0, 0.1) is 29.7 Å². The monoisotopic (exact) mass is 476 g/mol. The summed E-state index contributed by atoms with van der Waals surface area (Å²) in [6.45, 7) is 3.17. The van der Waals surface area contributed by atoms with Crippen molar-refractivity contribution in [3.8, 4) is 5.75 Å². The summed E-state index contributed by atoms with van der Waals surface area (Å²) < 4.78 is 6.32. The van der Waals surface area contributed by atoms with Crippen LogP contribution in [0.5, 0.6) is 5.75 Å². The largest absolute Gasteiger partial charge is 2.00 e. The van der Waals surface area contributed by atoms with Crippen LogP contribution < -0.4 is 53.0 Å². The fourth-order valence-electron chi connectivity index (χ4n) is 6.30. The minimum atomic E-state index is 0. The quantitative estimate of drug-likeness (QED) is 0.327. The van der Waals surface area contributed by atoms with Gasteiger partial charge in [0.05, 0.1) is 0 Å². The molecule has 1 nitrogen and oxygen atoms in total. The summed E-state index contributed by atoms with van der Waals surface area (Å²) in [4.78, 5) is 0. The van der Waals surface area contributed by atoms with Crippen molar-refractivity contribution in [3.05, 3.63) is 65.7 Å². The first-order valence-electron chi connectivity index (χ1n) is 9.90. The molecule has 0 atom stereocenters. The number of ether oxygens (including phenoxy) is 1. The molecule has 0 N–H and O–H groups in total. The van der Waals surface area contributed by atoms with E-state index in [2.05, 4.69) is 55.5 Å². The van der Waals surface area contributed by atoms with Crippen molar-refractivity contribution in [3.63, 3.8) is 0 Å². The zero-order valence-corrected chi connectivity index (χ0v) is 21.3. The summed E-state index contributed by atoms with van der Waals surface area (Å²) in [6.07, 6.45) is 7.21. The molecule has 6 rings (SSSR count). The molecular formula is C24H27BrClLiMgO. The van der Waals surface area contributed by atoms with E-state index >= 15 is 0 Å². The zero-order chi connectivity index (χ0) is 16.9. The maximum absolute atomic E-state index is 6.32. The molecule has 4 aliphatic carbocycles. The summed E-state index contributed by atoms with van der Waals surface area (Å²) in [6, 6.07) is 20.2. The standard InChI is InChI=1S/C24H27O.BrH.ClH.Li.Mg/c1-24(20-12-18-11-19(14-20)15-21(24)13-18)22-9-5-6-10-23(22)25-16-17-7-3-2-4-8-17;;;;/h2-4,6-10,18-21H,11-16H2,1H3;2*1H;;/q-1;;;+1;+2/p-2. The van der Waals surface area contributed by atoms with Crippen LogP contribution in [0.25, 0.3) is 0 Å². The summed E-state index contributed by atoms with van der Waals surface area (Å²) in [5, 5.41) is 0. The Morgan fingerprint density at radius 1 is 0.966 bits per heavy atom. The van der Waals surface area contributed by atoms with Gasteiger partial charge in [0.25, 0.3) is 0 Å². The minimum absolute atomic E-state index is 0. The van der Waals surface area contributed by atoms with E-state index in [1.165, 1.54) is 43.2 Å². The van der Waals surface area contributed by atoms with Gasteiger partial charge in [-0.05, 0) is 66.8 Å². The predicted molar refractivity (Wildman–Crippen MR) is 106 cm³/mol. The fraction of sp³-hybridized carbons (Fsp3) is 0.500. The summed E-state index contributed by atoms with van der Waals surface area (Å²) in [7, 11) is 0. The predicted octanol–water partition coefficient (Wildman–Crippen LogP) is -3.59. The van der Waals surface area contributed by atoms with Crippen LogP contribution in [0.3, 0.4) is 0 Å². The number of hydrogen-bond donors (Lipinski definition) is 0. The Hall–Kier alpha value is 0.374. The average Bonchev–Trinajstić information content (AvgIpc) is 2.65. The summed E-state index contributed by atoms with van der Waals surface area (Å²) in [5.41, 5.74) is 2.92. The molecule has 0 saturated heterocycles. The normalized spacial score (nSPS) is 30.8. The second-order valence-corrected chi connectivity index (χ2v) is 8.78. The molecule has 4 saturated carbocycles. The van der Waals surface area contributed by atoms with E-state index in [1.54, 1.807) is 0 Å². The molecule has 0 spiro atoms. The third-order valence-corrected chi connectivity index (χ3v) is 7.48. The molecular weight excluding hydrogens is 451 g/mol. The Kier molecular flexibility index (Phi) is 10.7. The summed E-state index contributed by atoms with van der Waals surface area (Å²) in [5.74, 6) is 4.74.